The molecule has 1 rings (SSSR count). The Kier molecular flexibility index (Phi) is 4.46. The third kappa shape index (κ3) is 3.50. The van der Waals surface area contributed by atoms with E-state index in [-0.39, 0.29) is 0 Å². The van der Waals surface area contributed by atoms with E-state index in [9.17, 15) is 0 Å². The average Bonchev–Trinajstić information content (AvgIpc) is 2.44. The normalized spacial score (nSPS) is 14.2. The molecule has 18 heavy (non-hydrogen) atoms. The Morgan fingerprint density at radius 1 is 1.17 bits per heavy atom. The van der Waals surface area contributed by atoms with E-state index in [4.69, 9.17) is 5.73 Å². The summed E-state index contributed by atoms with van der Waals surface area (Å²) in [7, 11) is 1.93. The van der Waals surface area contributed by atoms with Crippen LogP contribution < -0.4 is 5.73 Å². The second-order valence-corrected chi connectivity index (χ2v) is 7.00. The number of aromatic nitrogens is 2. The van der Waals surface area contributed by atoms with Gasteiger partial charge in [-0.1, -0.05) is 41.5 Å². The molecule has 1 atom stereocenters. The summed E-state index contributed by atoms with van der Waals surface area (Å²) in [5.41, 5.74) is 8.88. The van der Waals surface area contributed by atoms with Gasteiger partial charge >= 0.3 is 0 Å². The van der Waals surface area contributed by atoms with Crippen molar-refractivity contribution in [2.45, 2.75) is 54.4 Å². The van der Waals surface area contributed by atoms with E-state index in [1.54, 1.807) is 0 Å². The molecule has 0 spiro atoms. The van der Waals surface area contributed by atoms with Gasteiger partial charge in [0.1, 0.15) is 5.82 Å². The van der Waals surface area contributed by atoms with Crippen molar-refractivity contribution in [3.63, 3.8) is 0 Å². The summed E-state index contributed by atoms with van der Waals surface area (Å²) in [5, 5.41) is 4.61. The summed E-state index contributed by atoms with van der Waals surface area (Å²) in [6.45, 7) is 13.6. The van der Waals surface area contributed by atoms with Gasteiger partial charge in [-0.25, -0.2) is 0 Å². The molecule has 0 fully saturated rings. The predicted molar refractivity (Wildman–Crippen MR) is 78.5 cm³/mol. The van der Waals surface area contributed by atoms with Crippen molar-refractivity contribution in [2.24, 2.45) is 24.3 Å². The molecule has 0 radical (unpaired) electrons. The van der Waals surface area contributed by atoms with Crippen LogP contribution >= 0.6 is 0 Å². The third-order valence-corrected chi connectivity index (χ3v) is 3.87. The lowest BCUT2D eigenvalue weighted by atomic mass is 9.79. The number of nitrogen functional groups attached to an aromatic ring is 1. The van der Waals surface area contributed by atoms with Gasteiger partial charge in [0, 0.05) is 12.6 Å². The van der Waals surface area contributed by atoms with Crippen molar-refractivity contribution in [3.05, 3.63) is 11.3 Å². The SMILES string of the molecule is CC(C)Cc1c(CC(C)C(C)(C)C)nn(C)c1N. The van der Waals surface area contributed by atoms with Gasteiger partial charge in [0.15, 0.2) is 0 Å². The molecule has 3 nitrogen and oxygen atoms in total. The molecule has 0 bridgehead atoms. The van der Waals surface area contributed by atoms with E-state index < -0.39 is 0 Å². The van der Waals surface area contributed by atoms with Crippen LogP contribution in [0.1, 0.15) is 52.8 Å². The Balaban J connectivity index is 2.98. The molecule has 2 N–H and O–H groups in total. The van der Waals surface area contributed by atoms with Crippen molar-refractivity contribution in [2.75, 3.05) is 5.73 Å². The van der Waals surface area contributed by atoms with Crippen LogP contribution in [0.25, 0.3) is 0 Å². The lowest BCUT2D eigenvalue weighted by molar-refractivity contribution is 0.257. The highest BCUT2D eigenvalue weighted by atomic mass is 15.3. The zero-order chi connectivity index (χ0) is 14.1. The topological polar surface area (TPSA) is 43.8 Å². The third-order valence-electron chi connectivity index (χ3n) is 3.87. The highest BCUT2D eigenvalue weighted by Gasteiger charge is 2.24. The average molecular weight is 251 g/mol. The molecule has 1 unspecified atom stereocenters. The number of rotatable bonds is 4. The highest BCUT2D eigenvalue weighted by molar-refractivity contribution is 5.43. The lowest BCUT2D eigenvalue weighted by Gasteiger charge is -2.27. The first-order chi connectivity index (χ1) is 8.12. The van der Waals surface area contributed by atoms with Crippen LogP contribution in [0.5, 0.6) is 0 Å². The molecule has 1 aromatic rings. The maximum absolute atomic E-state index is 6.14. The molecule has 1 aromatic heterocycles. The van der Waals surface area contributed by atoms with Crippen molar-refractivity contribution in [1.29, 1.82) is 0 Å². The number of anilines is 1. The molecule has 0 saturated carbocycles. The van der Waals surface area contributed by atoms with Gasteiger partial charge in [0.2, 0.25) is 0 Å². The standard InChI is InChI=1S/C15H29N3/c1-10(2)8-12-13(17-18(7)14(12)16)9-11(3)15(4,5)6/h10-11H,8-9,16H2,1-7H3. The molecule has 0 aliphatic carbocycles. The van der Waals surface area contributed by atoms with Crippen LogP contribution in [-0.4, -0.2) is 9.78 Å². The maximum atomic E-state index is 6.14. The lowest BCUT2D eigenvalue weighted by Crippen LogP contribution is -2.20. The molecule has 0 amide bonds. The molecular weight excluding hydrogens is 222 g/mol. The highest BCUT2D eigenvalue weighted by Crippen LogP contribution is 2.30. The van der Waals surface area contributed by atoms with Crippen molar-refractivity contribution in [1.82, 2.24) is 9.78 Å². The largest absolute Gasteiger partial charge is 0.384 e. The molecule has 0 saturated heterocycles. The van der Waals surface area contributed by atoms with Crippen LogP contribution in [-0.2, 0) is 19.9 Å². The Bertz CT molecular complexity index is 397. The van der Waals surface area contributed by atoms with Gasteiger partial charge in [-0.15, -0.1) is 0 Å². The van der Waals surface area contributed by atoms with Crippen LogP contribution in [0.4, 0.5) is 5.82 Å². The molecule has 0 aromatic carbocycles. The number of nitrogens with two attached hydrogens (primary N) is 1. The smallest absolute Gasteiger partial charge is 0.124 e. The zero-order valence-corrected chi connectivity index (χ0v) is 13.0. The fourth-order valence-corrected chi connectivity index (χ4v) is 2.03. The van der Waals surface area contributed by atoms with Gasteiger partial charge in [0.05, 0.1) is 5.69 Å². The number of hydrogen-bond acceptors (Lipinski definition) is 2. The fraction of sp³-hybridized carbons (Fsp3) is 0.800. The minimum absolute atomic E-state index is 0.307. The molecule has 3 heteroatoms. The summed E-state index contributed by atoms with van der Waals surface area (Å²) in [4.78, 5) is 0. The summed E-state index contributed by atoms with van der Waals surface area (Å²) >= 11 is 0. The van der Waals surface area contributed by atoms with Crippen molar-refractivity contribution < 1.29 is 0 Å². The van der Waals surface area contributed by atoms with Crippen LogP contribution in [0.3, 0.4) is 0 Å². The Morgan fingerprint density at radius 2 is 1.72 bits per heavy atom. The Labute approximate surface area is 112 Å². The van der Waals surface area contributed by atoms with Crippen LogP contribution in [0.15, 0.2) is 0 Å². The molecule has 1 heterocycles. The molecule has 0 aliphatic heterocycles. The fourth-order valence-electron chi connectivity index (χ4n) is 2.03. The predicted octanol–water partition coefficient (Wildman–Crippen LogP) is 3.43. The van der Waals surface area contributed by atoms with E-state index in [0.717, 1.165) is 18.7 Å². The van der Waals surface area contributed by atoms with E-state index in [1.807, 2.05) is 11.7 Å². The molecule has 0 aliphatic rings. The van der Waals surface area contributed by atoms with Gasteiger partial charge in [-0.2, -0.15) is 5.10 Å². The number of hydrogen-bond donors (Lipinski definition) is 1. The van der Waals surface area contributed by atoms with Crippen LogP contribution in [0, 0.1) is 17.3 Å². The van der Waals surface area contributed by atoms with E-state index in [0.29, 0.717) is 17.3 Å². The first kappa shape index (κ1) is 15.1. The monoisotopic (exact) mass is 251 g/mol. The van der Waals surface area contributed by atoms with Gasteiger partial charge in [-0.3, -0.25) is 4.68 Å². The minimum Gasteiger partial charge on any atom is -0.384 e. The first-order valence-electron chi connectivity index (χ1n) is 6.93. The summed E-state index contributed by atoms with van der Waals surface area (Å²) in [6, 6.07) is 0. The van der Waals surface area contributed by atoms with Crippen molar-refractivity contribution >= 4 is 5.82 Å². The first-order valence-corrected chi connectivity index (χ1v) is 6.93. The van der Waals surface area contributed by atoms with Gasteiger partial charge in [0.25, 0.3) is 0 Å². The number of aryl methyl sites for hydroxylation is 1. The Hall–Kier alpha value is -0.990. The number of nitrogens with zero attached hydrogens (tertiary/aromatic N) is 2. The minimum atomic E-state index is 0.307. The van der Waals surface area contributed by atoms with E-state index in [2.05, 4.69) is 46.6 Å². The quantitative estimate of drug-likeness (QED) is 0.891. The second kappa shape index (κ2) is 5.33. The van der Waals surface area contributed by atoms with Crippen molar-refractivity contribution in [3.8, 4) is 0 Å². The zero-order valence-electron chi connectivity index (χ0n) is 13.0. The molecule has 104 valence electrons. The van der Waals surface area contributed by atoms with Gasteiger partial charge < -0.3 is 5.73 Å². The Morgan fingerprint density at radius 3 is 2.17 bits per heavy atom. The summed E-state index contributed by atoms with van der Waals surface area (Å²) in [6.07, 6.45) is 2.03. The van der Waals surface area contributed by atoms with E-state index in [1.165, 1.54) is 11.3 Å². The molecular formula is C15H29N3. The van der Waals surface area contributed by atoms with Gasteiger partial charge in [-0.05, 0) is 30.1 Å². The van der Waals surface area contributed by atoms with Crippen LogP contribution in [0.2, 0.25) is 0 Å². The second-order valence-electron chi connectivity index (χ2n) is 7.00. The van der Waals surface area contributed by atoms with E-state index >= 15 is 0 Å². The summed E-state index contributed by atoms with van der Waals surface area (Å²) in [5.74, 6) is 2.04. The summed E-state index contributed by atoms with van der Waals surface area (Å²) < 4.78 is 1.82. The maximum Gasteiger partial charge on any atom is 0.124 e.